The first-order chi connectivity index (χ1) is 5.38. The Hall–Kier alpha value is -1.51. The van der Waals surface area contributed by atoms with Crippen LogP contribution in [0, 0.1) is 0 Å². The average molecular weight is 146 g/mol. The van der Waals surface area contributed by atoms with Gasteiger partial charge in [-0.25, -0.2) is 0 Å². The Labute approximate surface area is 63.8 Å². The van der Waals surface area contributed by atoms with Crippen LogP contribution in [0.15, 0.2) is 46.2 Å². The lowest BCUT2D eigenvalue weighted by Crippen LogP contribution is -2.03. The highest BCUT2D eigenvalue weighted by Crippen LogP contribution is 2.19. The maximum atomic E-state index is 11.0. The van der Waals surface area contributed by atoms with Gasteiger partial charge in [0, 0.05) is 0 Å². The van der Waals surface area contributed by atoms with Crippen LogP contribution in [0.5, 0.6) is 0 Å². The molecule has 1 aliphatic heterocycles. The number of hydrogen-bond acceptors (Lipinski definition) is 2. The molecule has 1 heterocycles. The fourth-order valence-corrected chi connectivity index (χ4v) is 1.07. The van der Waals surface area contributed by atoms with E-state index < -0.39 is 0 Å². The van der Waals surface area contributed by atoms with Crippen molar-refractivity contribution in [3.8, 4) is 0 Å². The number of hydrogen-bond donors (Lipinski definition) is 0. The zero-order valence-electron chi connectivity index (χ0n) is 5.77. The van der Waals surface area contributed by atoms with Crippen LogP contribution < -0.4 is 0 Å². The number of allylic oxidation sites excluding steroid dienone is 4. The molecule has 1 aliphatic carbocycles. The molecule has 1 atom stereocenters. The van der Waals surface area contributed by atoms with Gasteiger partial charge in [-0.05, 0) is 0 Å². The molecular formula is C8H6N2O. The molecule has 0 fully saturated rings. The maximum Gasteiger partial charge on any atom is 0.293 e. The zero-order chi connectivity index (χ0) is 7.68. The zero-order valence-corrected chi connectivity index (χ0v) is 5.77. The molecular weight excluding hydrogens is 140 g/mol. The normalized spacial score (nSPS) is 26.7. The predicted molar refractivity (Wildman–Crippen MR) is 40.0 cm³/mol. The standard InChI is InChI=1S/C8H6N2O/c11-8-6-4-2-1-3-5-7(6)9-10-8/h1-5,7H. The molecule has 3 heteroatoms. The summed E-state index contributed by atoms with van der Waals surface area (Å²) in [5.74, 6) is -0.216. The SMILES string of the molecule is O=C1N=NC2C=CC=CC=C12. The molecule has 0 radical (unpaired) electrons. The molecule has 1 amide bonds. The molecule has 2 aliphatic rings. The van der Waals surface area contributed by atoms with E-state index in [0.29, 0.717) is 5.57 Å². The molecule has 0 bridgehead atoms. The van der Waals surface area contributed by atoms with E-state index in [4.69, 9.17) is 0 Å². The van der Waals surface area contributed by atoms with Crippen LogP contribution in [-0.2, 0) is 4.79 Å². The van der Waals surface area contributed by atoms with Crippen LogP contribution in [-0.4, -0.2) is 11.9 Å². The molecule has 3 nitrogen and oxygen atoms in total. The number of rotatable bonds is 0. The molecule has 11 heavy (non-hydrogen) atoms. The van der Waals surface area contributed by atoms with Crippen molar-refractivity contribution in [1.82, 2.24) is 0 Å². The van der Waals surface area contributed by atoms with E-state index in [1.54, 1.807) is 6.08 Å². The number of azo groups is 1. The summed E-state index contributed by atoms with van der Waals surface area (Å²) in [5.41, 5.74) is 0.662. The van der Waals surface area contributed by atoms with Crippen LogP contribution in [0.2, 0.25) is 0 Å². The van der Waals surface area contributed by atoms with Crippen LogP contribution in [0.1, 0.15) is 0 Å². The smallest absolute Gasteiger partial charge is 0.265 e. The molecule has 0 aromatic rings. The molecule has 0 saturated carbocycles. The molecule has 0 saturated heterocycles. The fourth-order valence-electron chi connectivity index (χ4n) is 1.07. The molecule has 0 spiro atoms. The third-order valence-electron chi connectivity index (χ3n) is 1.63. The minimum absolute atomic E-state index is 0.141. The molecule has 1 unspecified atom stereocenters. The Morgan fingerprint density at radius 3 is 3.09 bits per heavy atom. The van der Waals surface area contributed by atoms with Crippen molar-refractivity contribution in [3.05, 3.63) is 36.0 Å². The summed E-state index contributed by atoms with van der Waals surface area (Å²) < 4.78 is 0. The van der Waals surface area contributed by atoms with E-state index in [0.717, 1.165) is 0 Å². The van der Waals surface area contributed by atoms with Crippen LogP contribution in [0.25, 0.3) is 0 Å². The summed E-state index contributed by atoms with van der Waals surface area (Å²) >= 11 is 0. The van der Waals surface area contributed by atoms with E-state index in [2.05, 4.69) is 10.2 Å². The predicted octanol–water partition coefficient (Wildman–Crippen LogP) is 1.40. The lowest BCUT2D eigenvalue weighted by Gasteiger charge is -1.95. The second kappa shape index (κ2) is 2.27. The Kier molecular flexibility index (Phi) is 1.28. The van der Waals surface area contributed by atoms with Gasteiger partial charge in [0.15, 0.2) is 0 Å². The Balaban J connectivity index is 2.44. The first-order valence-electron chi connectivity index (χ1n) is 3.38. The number of carbonyl (C=O) groups excluding carboxylic acids is 1. The third kappa shape index (κ3) is 0.941. The fraction of sp³-hybridized carbons (Fsp3) is 0.125. The Morgan fingerprint density at radius 2 is 2.18 bits per heavy atom. The highest BCUT2D eigenvalue weighted by molar-refractivity contribution is 5.97. The first-order valence-corrected chi connectivity index (χ1v) is 3.38. The van der Waals surface area contributed by atoms with Crippen molar-refractivity contribution in [2.24, 2.45) is 10.2 Å². The Morgan fingerprint density at radius 1 is 1.27 bits per heavy atom. The van der Waals surface area contributed by atoms with Gasteiger partial charge in [0.25, 0.3) is 5.91 Å². The first kappa shape index (κ1) is 6.22. The highest BCUT2D eigenvalue weighted by atomic mass is 16.2. The topological polar surface area (TPSA) is 41.8 Å². The van der Waals surface area contributed by atoms with Gasteiger partial charge < -0.3 is 0 Å². The summed E-state index contributed by atoms with van der Waals surface area (Å²) in [4.78, 5) is 11.0. The third-order valence-corrected chi connectivity index (χ3v) is 1.63. The molecule has 54 valence electrons. The lowest BCUT2D eigenvalue weighted by molar-refractivity contribution is -0.114. The van der Waals surface area contributed by atoms with Gasteiger partial charge >= 0.3 is 0 Å². The van der Waals surface area contributed by atoms with Gasteiger partial charge in [0.1, 0.15) is 6.04 Å². The van der Waals surface area contributed by atoms with Gasteiger partial charge in [0.05, 0.1) is 5.57 Å². The van der Waals surface area contributed by atoms with Gasteiger partial charge in [-0.15, -0.1) is 5.11 Å². The number of carbonyl (C=O) groups is 1. The lowest BCUT2D eigenvalue weighted by atomic mass is 10.1. The van der Waals surface area contributed by atoms with Crippen molar-refractivity contribution in [3.63, 3.8) is 0 Å². The molecule has 2 rings (SSSR count). The van der Waals surface area contributed by atoms with Crippen LogP contribution in [0.4, 0.5) is 0 Å². The van der Waals surface area contributed by atoms with E-state index in [1.807, 2.05) is 24.3 Å². The monoisotopic (exact) mass is 146 g/mol. The average Bonchev–Trinajstić information content (AvgIpc) is 2.25. The van der Waals surface area contributed by atoms with Crippen molar-refractivity contribution < 1.29 is 4.79 Å². The van der Waals surface area contributed by atoms with E-state index in [-0.39, 0.29) is 11.9 Å². The second-order valence-corrected chi connectivity index (χ2v) is 2.36. The highest BCUT2D eigenvalue weighted by Gasteiger charge is 2.23. The van der Waals surface area contributed by atoms with E-state index in [1.165, 1.54) is 0 Å². The van der Waals surface area contributed by atoms with Crippen molar-refractivity contribution in [1.29, 1.82) is 0 Å². The number of fused-ring (bicyclic) bond motifs is 1. The summed E-state index contributed by atoms with van der Waals surface area (Å²) in [6.07, 6.45) is 9.16. The number of amides is 1. The quantitative estimate of drug-likeness (QED) is 0.509. The van der Waals surface area contributed by atoms with Gasteiger partial charge in [-0.2, -0.15) is 5.11 Å². The molecule has 0 aromatic carbocycles. The summed E-state index contributed by atoms with van der Waals surface area (Å²) in [7, 11) is 0. The van der Waals surface area contributed by atoms with Crippen molar-refractivity contribution >= 4 is 5.91 Å². The van der Waals surface area contributed by atoms with E-state index >= 15 is 0 Å². The second-order valence-electron chi connectivity index (χ2n) is 2.36. The van der Waals surface area contributed by atoms with Crippen LogP contribution in [0.3, 0.4) is 0 Å². The van der Waals surface area contributed by atoms with Crippen LogP contribution >= 0.6 is 0 Å². The maximum absolute atomic E-state index is 11.0. The van der Waals surface area contributed by atoms with Crippen molar-refractivity contribution in [2.45, 2.75) is 6.04 Å². The largest absolute Gasteiger partial charge is 0.293 e. The van der Waals surface area contributed by atoms with E-state index in [9.17, 15) is 4.79 Å². The van der Waals surface area contributed by atoms with Gasteiger partial charge in [-0.1, -0.05) is 30.4 Å². The Bertz CT molecular complexity index is 310. The molecule has 0 aromatic heterocycles. The van der Waals surface area contributed by atoms with Crippen molar-refractivity contribution in [2.75, 3.05) is 0 Å². The summed E-state index contributed by atoms with van der Waals surface area (Å²) in [5, 5.41) is 7.23. The molecule has 0 N–H and O–H groups in total. The van der Waals surface area contributed by atoms with Gasteiger partial charge in [0.2, 0.25) is 0 Å². The summed E-state index contributed by atoms with van der Waals surface area (Å²) in [6, 6.07) is -0.141. The summed E-state index contributed by atoms with van der Waals surface area (Å²) in [6.45, 7) is 0. The van der Waals surface area contributed by atoms with Gasteiger partial charge in [-0.3, -0.25) is 4.79 Å². The minimum Gasteiger partial charge on any atom is -0.265 e. The number of nitrogens with zero attached hydrogens (tertiary/aromatic N) is 2. The minimum atomic E-state index is -0.216.